The number of phosphoric acid groups is 1. The Kier molecular flexibility index (Phi) is 18.6. The van der Waals surface area contributed by atoms with Crippen LogP contribution in [0.2, 0.25) is 0 Å². The van der Waals surface area contributed by atoms with Crippen LogP contribution in [0.3, 0.4) is 0 Å². The zero-order chi connectivity index (χ0) is 10.0. The molecule has 0 aliphatic heterocycles. The van der Waals surface area contributed by atoms with E-state index < -0.39 is 7.82 Å². The molecule has 0 unspecified atom stereocenters. The van der Waals surface area contributed by atoms with Gasteiger partial charge < -0.3 is 26.2 Å². The van der Waals surface area contributed by atoms with E-state index in [0.29, 0.717) is 0 Å². The van der Waals surface area contributed by atoms with E-state index in [1.807, 2.05) is 0 Å². The fourth-order valence-corrected chi connectivity index (χ4v) is 0.604. The van der Waals surface area contributed by atoms with Gasteiger partial charge in [-0.15, -0.1) is 0 Å². The Morgan fingerprint density at radius 2 is 1.54 bits per heavy atom. The van der Waals surface area contributed by atoms with E-state index in [1.165, 1.54) is 25.7 Å². The molecule has 4 nitrogen and oxygen atoms in total. The van der Waals surface area contributed by atoms with E-state index in [2.05, 4.69) is 13.8 Å². The van der Waals surface area contributed by atoms with Crippen molar-refractivity contribution in [2.24, 2.45) is 0 Å². The Hall–Kier alpha value is 0.604. The molecule has 0 saturated carbocycles. The van der Waals surface area contributed by atoms with Crippen molar-refractivity contribution in [3.63, 3.8) is 0 Å². The largest absolute Gasteiger partial charge is 3.00 e. The van der Waals surface area contributed by atoms with Gasteiger partial charge in [0.05, 0.1) is 0 Å². The monoisotopic (exact) mass is 252 g/mol. The van der Waals surface area contributed by atoms with E-state index in [1.54, 1.807) is 0 Å². The van der Waals surface area contributed by atoms with Crippen LogP contribution in [-0.4, -0.2) is 0 Å². The normalized spacial score (nSPS) is 9.62. The molecule has 0 aromatic heterocycles. The molecular weight excluding hydrogens is 238 g/mol. The van der Waals surface area contributed by atoms with Crippen molar-refractivity contribution in [3.8, 4) is 0 Å². The summed E-state index contributed by atoms with van der Waals surface area (Å²) in [5.74, 6) is 0. The van der Waals surface area contributed by atoms with E-state index in [9.17, 15) is 0 Å². The van der Waals surface area contributed by atoms with E-state index >= 15 is 0 Å². The summed E-state index contributed by atoms with van der Waals surface area (Å²) in [6.45, 7) is 5.98. The summed E-state index contributed by atoms with van der Waals surface area (Å²) >= 11 is 0. The van der Waals surface area contributed by atoms with Crippen molar-refractivity contribution in [1.82, 2.24) is 0 Å². The van der Waals surface area contributed by atoms with Gasteiger partial charge in [-0.25, -0.2) is 0 Å². The van der Waals surface area contributed by atoms with Gasteiger partial charge >= 0.3 is 16.5 Å². The van der Waals surface area contributed by atoms with Gasteiger partial charge in [-0.05, 0) is 0 Å². The smallest absolute Gasteiger partial charge is 0.822 e. The fourth-order valence-electron chi connectivity index (χ4n) is 0.604. The molecule has 0 saturated heterocycles. The maximum atomic E-state index is 8.55. The third-order valence-corrected chi connectivity index (χ3v) is 1.10. The van der Waals surface area contributed by atoms with Crippen molar-refractivity contribution in [2.75, 3.05) is 0 Å². The summed E-state index contributed by atoms with van der Waals surface area (Å²) in [5.41, 5.74) is 0. The Labute approximate surface area is 89.9 Å². The van der Waals surface area contributed by atoms with Gasteiger partial charge in [0.2, 0.25) is 0 Å². The van der Waals surface area contributed by atoms with Crippen LogP contribution in [0.1, 0.15) is 39.0 Å². The first-order valence-electron chi connectivity index (χ1n) is 3.94. The van der Waals surface area contributed by atoms with Crippen molar-refractivity contribution in [2.45, 2.75) is 39.0 Å². The molecule has 0 atom stereocenters. The standard InChI is InChI=1S/C7H15.Ni.H3O4P/c1-3-5-7-6-4-2;;1-5(2,3)4/h1,3-7H2,2H3;;(H3,1,2,3,4)/q-1;+3;/p-3. The third-order valence-electron chi connectivity index (χ3n) is 1.10. The maximum Gasteiger partial charge on any atom is 3.00 e. The van der Waals surface area contributed by atoms with Crippen LogP contribution in [-0.2, 0) is 21.1 Å². The second-order valence-corrected chi connectivity index (χ2v) is 3.26. The summed E-state index contributed by atoms with van der Waals surface area (Å²) in [6, 6.07) is 0. The molecule has 0 rings (SSSR count). The SMILES string of the molecule is O=P([O-])([O-])[O-].[CH2-]CCCCCC.[Ni+3]. The average Bonchev–Trinajstić information content (AvgIpc) is 1.85. The van der Waals surface area contributed by atoms with E-state index in [0.717, 1.165) is 6.42 Å². The van der Waals surface area contributed by atoms with Gasteiger partial charge in [0.25, 0.3) is 0 Å². The molecule has 0 aliphatic carbocycles. The molecule has 13 heavy (non-hydrogen) atoms. The first kappa shape index (κ1) is 19.2. The number of unbranched alkanes of at least 4 members (excludes halogenated alkanes) is 4. The Morgan fingerprint density at radius 1 is 1.15 bits per heavy atom. The zero-order valence-corrected chi connectivity index (χ0v) is 9.52. The molecule has 0 amide bonds. The zero-order valence-electron chi connectivity index (χ0n) is 7.64. The molecule has 0 N–H and O–H groups in total. The summed E-state index contributed by atoms with van der Waals surface area (Å²) in [5, 5.41) is 0. The van der Waals surface area contributed by atoms with E-state index in [4.69, 9.17) is 19.2 Å². The molecule has 6 heteroatoms. The topological polar surface area (TPSA) is 86.2 Å². The van der Waals surface area contributed by atoms with Gasteiger partial charge in [0, 0.05) is 0 Å². The molecule has 83 valence electrons. The average molecular weight is 253 g/mol. The van der Waals surface area contributed by atoms with Crippen molar-refractivity contribution < 1.29 is 35.7 Å². The third kappa shape index (κ3) is 66.9. The molecule has 0 heterocycles. The number of hydrogen-bond acceptors (Lipinski definition) is 4. The second-order valence-electron chi connectivity index (χ2n) is 2.36. The van der Waals surface area contributed by atoms with Crippen LogP contribution < -0.4 is 14.7 Å². The number of rotatable bonds is 4. The maximum absolute atomic E-state index is 8.55. The molecule has 0 spiro atoms. The van der Waals surface area contributed by atoms with Crippen molar-refractivity contribution in [1.29, 1.82) is 0 Å². The fraction of sp³-hybridized carbons (Fsp3) is 0.857. The molecule has 0 aromatic rings. The molecule has 1 radical (unpaired) electrons. The Morgan fingerprint density at radius 3 is 1.77 bits per heavy atom. The van der Waals surface area contributed by atoms with Crippen LogP contribution in [0.25, 0.3) is 0 Å². The molecular formula is C7H15NiO4P-. The molecule has 0 aromatic carbocycles. The molecule has 0 fully saturated rings. The summed E-state index contributed by atoms with van der Waals surface area (Å²) < 4.78 is 8.55. The predicted molar refractivity (Wildman–Crippen MR) is 41.7 cm³/mol. The van der Waals surface area contributed by atoms with Gasteiger partial charge in [0.15, 0.2) is 0 Å². The van der Waals surface area contributed by atoms with Gasteiger partial charge in [-0.3, -0.25) is 0 Å². The van der Waals surface area contributed by atoms with Crippen LogP contribution >= 0.6 is 7.82 Å². The minimum Gasteiger partial charge on any atom is -0.822 e. The van der Waals surface area contributed by atoms with Crippen molar-refractivity contribution >= 4 is 7.82 Å². The minimum absolute atomic E-state index is 0. The Bertz CT molecular complexity index is 113. The van der Waals surface area contributed by atoms with Gasteiger partial charge in [-0.2, -0.15) is 14.2 Å². The van der Waals surface area contributed by atoms with Crippen LogP contribution in [0, 0.1) is 6.92 Å². The number of hydrogen-bond donors (Lipinski definition) is 0. The van der Waals surface area contributed by atoms with Crippen LogP contribution in [0.15, 0.2) is 0 Å². The van der Waals surface area contributed by atoms with Crippen LogP contribution in [0.5, 0.6) is 0 Å². The van der Waals surface area contributed by atoms with Gasteiger partial charge in [-0.1, -0.05) is 32.6 Å². The Balaban J connectivity index is -0.000000150. The molecule has 0 aliphatic rings. The molecule has 0 bridgehead atoms. The first-order valence-corrected chi connectivity index (χ1v) is 5.40. The second kappa shape index (κ2) is 12.6. The summed E-state index contributed by atoms with van der Waals surface area (Å²) in [6.07, 6.45) is 6.52. The predicted octanol–water partition coefficient (Wildman–Crippen LogP) is -0.0362. The van der Waals surface area contributed by atoms with Crippen LogP contribution in [0.4, 0.5) is 0 Å². The van der Waals surface area contributed by atoms with E-state index in [-0.39, 0.29) is 16.5 Å². The minimum atomic E-state index is -5.39. The summed E-state index contributed by atoms with van der Waals surface area (Å²) in [7, 11) is -5.39. The quantitative estimate of drug-likeness (QED) is 0.304. The summed E-state index contributed by atoms with van der Waals surface area (Å²) in [4.78, 5) is 25.6. The van der Waals surface area contributed by atoms with Gasteiger partial charge in [0.1, 0.15) is 0 Å². The van der Waals surface area contributed by atoms with Crippen molar-refractivity contribution in [3.05, 3.63) is 6.92 Å². The first-order chi connectivity index (χ1) is 5.41.